The Bertz CT molecular complexity index is 699. The summed E-state index contributed by atoms with van der Waals surface area (Å²) >= 11 is 3.38. The van der Waals surface area contributed by atoms with E-state index < -0.39 is 18.2 Å². The Labute approximate surface area is 122 Å². The summed E-state index contributed by atoms with van der Waals surface area (Å²) < 4.78 is 2.39. The molecule has 1 aliphatic carbocycles. The lowest BCUT2D eigenvalue weighted by Gasteiger charge is -2.19. The van der Waals surface area contributed by atoms with Gasteiger partial charge in [-0.15, -0.1) is 0 Å². The van der Waals surface area contributed by atoms with Crippen molar-refractivity contribution in [1.29, 1.82) is 0 Å². The Balaban J connectivity index is 2.17. The van der Waals surface area contributed by atoms with Crippen molar-refractivity contribution in [3.63, 3.8) is 0 Å². The summed E-state index contributed by atoms with van der Waals surface area (Å²) in [7, 11) is 0. The van der Waals surface area contributed by atoms with E-state index in [1.165, 1.54) is 6.33 Å². The van der Waals surface area contributed by atoms with Gasteiger partial charge in [0, 0.05) is 6.20 Å². The molecule has 3 rings (SSSR count). The van der Waals surface area contributed by atoms with Crippen LogP contribution in [-0.4, -0.2) is 48.7 Å². The largest absolute Gasteiger partial charge is 0.392 e. The summed E-state index contributed by atoms with van der Waals surface area (Å²) in [5, 5.41) is 29.2. The van der Waals surface area contributed by atoms with E-state index in [0.717, 1.165) is 0 Å². The summed E-state index contributed by atoms with van der Waals surface area (Å²) in [5.74, 6) is 0.293. The third kappa shape index (κ3) is 1.84. The molecule has 3 atom stereocenters. The number of fused-ring (bicyclic) bond motifs is 1. The van der Waals surface area contributed by atoms with Gasteiger partial charge in [-0.2, -0.15) is 0 Å². The fourth-order valence-corrected chi connectivity index (χ4v) is 2.97. The minimum atomic E-state index is -1.08. The van der Waals surface area contributed by atoms with Crippen LogP contribution in [0, 0.1) is 0 Å². The van der Waals surface area contributed by atoms with Crippen LogP contribution in [0.3, 0.4) is 0 Å². The lowest BCUT2D eigenvalue weighted by atomic mass is 10.1. The average Bonchev–Trinajstić information content (AvgIpc) is 2.99. The quantitative estimate of drug-likeness (QED) is 0.570. The van der Waals surface area contributed by atoms with Crippen LogP contribution in [0.2, 0.25) is 0 Å². The molecule has 0 amide bonds. The van der Waals surface area contributed by atoms with E-state index >= 15 is 0 Å². The van der Waals surface area contributed by atoms with Crippen molar-refractivity contribution in [2.45, 2.75) is 18.2 Å². The summed E-state index contributed by atoms with van der Waals surface area (Å²) in [6, 6.07) is -0.518. The predicted octanol–water partition coefficient (Wildman–Crippen LogP) is -0.0288. The Kier molecular flexibility index (Phi) is 3.25. The van der Waals surface area contributed by atoms with Gasteiger partial charge in [-0.05, 0) is 21.5 Å². The fraction of sp³-hybridized carbons (Fsp3) is 0.333. The monoisotopic (exact) mass is 340 g/mol. The van der Waals surface area contributed by atoms with Crippen LogP contribution in [0.4, 0.5) is 5.82 Å². The molecule has 5 N–H and O–H groups in total. The zero-order chi connectivity index (χ0) is 14.4. The van der Waals surface area contributed by atoms with E-state index in [1.807, 2.05) is 0 Å². The van der Waals surface area contributed by atoms with Gasteiger partial charge in [0.15, 0.2) is 5.82 Å². The number of aromatic nitrogens is 3. The van der Waals surface area contributed by atoms with Crippen molar-refractivity contribution >= 4 is 32.8 Å². The third-order valence-electron chi connectivity index (χ3n) is 3.52. The molecule has 0 aromatic carbocycles. The van der Waals surface area contributed by atoms with Crippen LogP contribution in [0.5, 0.6) is 0 Å². The van der Waals surface area contributed by atoms with Gasteiger partial charge >= 0.3 is 0 Å². The van der Waals surface area contributed by atoms with E-state index in [1.54, 1.807) is 16.8 Å². The number of hydrogen-bond donors (Lipinski definition) is 4. The number of nitrogens with two attached hydrogens (primary N) is 1. The lowest BCUT2D eigenvalue weighted by Crippen LogP contribution is -2.30. The Morgan fingerprint density at radius 2 is 2.10 bits per heavy atom. The molecular weight excluding hydrogens is 328 g/mol. The molecule has 0 saturated heterocycles. The van der Waals surface area contributed by atoms with E-state index in [2.05, 4.69) is 25.9 Å². The molecular formula is C12H13BrN4O3. The molecule has 0 spiro atoms. The maximum absolute atomic E-state index is 10.1. The zero-order valence-electron chi connectivity index (χ0n) is 10.3. The number of pyridine rings is 1. The minimum absolute atomic E-state index is 0.293. The Morgan fingerprint density at radius 1 is 1.35 bits per heavy atom. The van der Waals surface area contributed by atoms with Crippen LogP contribution < -0.4 is 5.73 Å². The normalized spacial score (nSPS) is 26.2. The molecule has 0 aliphatic heterocycles. The van der Waals surface area contributed by atoms with Crippen LogP contribution in [0.25, 0.3) is 11.0 Å². The standard InChI is InChI=1S/C12H13BrN4O3/c13-6-2-15-12(14)8-9(6)17(4-16-8)7-1-5(3-18)10(19)11(7)20/h1-2,4,7,10-11,18-20H,3H2,(H2,14,15)/t7-,10+,11-/m0/s1. The maximum atomic E-state index is 10.1. The maximum Gasteiger partial charge on any atom is 0.151 e. The van der Waals surface area contributed by atoms with Crippen molar-refractivity contribution < 1.29 is 15.3 Å². The van der Waals surface area contributed by atoms with E-state index in [0.29, 0.717) is 26.9 Å². The number of nitrogens with zero attached hydrogens (tertiary/aromatic N) is 3. The molecule has 2 heterocycles. The molecule has 2 aromatic rings. The van der Waals surface area contributed by atoms with E-state index in [-0.39, 0.29) is 6.61 Å². The topological polar surface area (TPSA) is 117 Å². The molecule has 106 valence electrons. The van der Waals surface area contributed by atoms with Crippen LogP contribution in [0.15, 0.2) is 28.6 Å². The highest BCUT2D eigenvalue weighted by Gasteiger charge is 2.36. The lowest BCUT2D eigenvalue weighted by molar-refractivity contribution is 0.0288. The van der Waals surface area contributed by atoms with Gasteiger partial charge in [0.1, 0.15) is 17.7 Å². The van der Waals surface area contributed by atoms with Gasteiger partial charge in [0.05, 0.1) is 29.0 Å². The Hall–Kier alpha value is -1.48. The highest BCUT2D eigenvalue weighted by Crippen LogP contribution is 2.34. The van der Waals surface area contributed by atoms with Crippen molar-refractivity contribution in [3.8, 4) is 0 Å². The second kappa shape index (κ2) is 4.81. The SMILES string of the molecule is Nc1ncc(Br)c2c1ncn2[C@H]1C=C(CO)[C@@H](O)[C@H]1O. The first-order valence-electron chi connectivity index (χ1n) is 5.98. The van der Waals surface area contributed by atoms with Crippen molar-refractivity contribution in [2.75, 3.05) is 12.3 Å². The highest BCUT2D eigenvalue weighted by atomic mass is 79.9. The van der Waals surface area contributed by atoms with Gasteiger partial charge in [0.25, 0.3) is 0 Å². The van der Waals surface area contributed by atoms with Crippen LogP contribution in [0.1, 0.15) is 6.04 Å². The molecule has 0 radical (unpaired) electrons. The van der Waals surface area contributed by atoms with E-state index in [4.69, 9.17) is 5.73 Å². The number of nitrogen functional groups attached to an aromatic ring is 1. The van der Waals surface area contributed by atoms with Gasteiger partial charge in [-0.25, -0.2) is 9.97 Å². The highest BCUT2D eigenvalue weighted by molar-refractivity contribution is 9.10. The first kappa shape index (κ1) is 13.5. The summed E-state index contributed by atoms with van der Waals surface area (Å²) in [4.78, 5) is 8.19. The van der Waals surface area contributed by atoms with E-state index in [9.17, 15) is 15.3 Å². The molecule has 0 fully saturated rings. The van der Waals surface area contributed by atoms with Crippen LogP contribution in [-0.2, 0) is 0 Å². The number of rotatable bonds is 2. The third-order valence-corrected chi connectivity index (χ3v) is 4.10. The molecule has 20 heavy (non-hydrogen) atoms. The number of aliphatic hydroxyl groups is 3. The van der Waals surface area contributed by atoms with Crippen molar-refractivity contribution in [1.82, 2.24) is 14.5 Å². The molecule has 7 nitrogen and oxygen atoms in total. The second-order valence-corrected chi connectivity index (χ2v) is 5.52. The fourth-order valence-electron chi connectivity index (χ4n) is 2.47. The molecule has 0 bridgehead atoms. The summed E-state index contributed by atoms with van der Waals surface area (Å²) in [6.07, 6.45) is 2.60. The average molecular weight is 341 g/mol. The van der Waals surface area contributed by atoms with Gasteiger partial charge in [0.2, 0.25) is 0 Å². The molecule has 8 heteroatoms. The number of hydrogen-bond acceptors (Lipinski definition) is 6. The number of anilines is 1. The summed E-state index contributed by atoms with van der Waals surface area (Å²) in [5.41, 5.74) is 7.37. The first-order chi connectivity index (χ1) is 9.54. The molecule has 1 aliphatic rings. The van der Waals surface area contributed by atoms with Crippen molar-refractivity contribution in [3.05, 3.63) is 28.6 Å². The number of aliphatic hydroxyl groups excluding tert-OH is 3. The molecule has 2 aromatic heterocycles. The zero-order valence-corrected chi connectivity index (χ0v) is 11.9. The summed E-state index contributed by atoms with van der Waals surface area (Å²) in [6.45, 7) is -0.299. The minimum Gasteiger partial charge on any atom is -0.392 e. The molecule has 0 unspecified atom stereocenters. The van der Waals surface area contributed by atoms with Gasteiger partial charge in [-0.1, -0.05) is 6.08 Å². The molecule has 0 saturated carbocycles. The number of halogens is 1. The van der Waals surface area contributed by atoms with Gasteiger partial charge in [-0.3, -0.25) is 0 Å². The van der Waals surface area contributed by atoms with Crippen molar-refractivity contribution in [2.24, 2.45) is 0 Å². The smallest absolute Gasteiger partial charge is 0.151 e. The predicted molar refractivity (Wildman–Crippen MR) is 75.9 cm³/mol. The van der Waals surface area contributed by atoms with Crippen LogP contribution >= 0.6 is 15.9 Å². The second-order valence-electron chi connectivity index (χ2n) is 4.67. The first-order valence-corrected chi connectivity index (χ1v) is 6.78. The Morgan fingerprint density at radius 3 is 2.75 bits per heavy atom. The number of imidazole rings is 1. The van der Waals surface area contributed by atoms with Gasteiger partial charge < -0.3 is 25.6 Å².